The van der Waals surface area contributed by atoms with E-state index < -0.39 is 18.5 Å². The molecule has 4 nitrogen and oxygen atoms in total. The SMILES string of the molecule is CB(C(=O)OCc1ccccc1)C(=O)OCc1ccccc1. The van der Waals surface area contributed by atoms with Gasteiger partial charge in [-0.05, 0) is 11.1 Å². The fourth-order valence-corrected chi connectivity index (χ4v) is 1.80. The molecule has 0 unspecified atom stereocenters. The van der Waals surface area contributed by atoms with E-state index >= 15 is 0 Å². The minimum atomic E-state index is -0.938. The van der Waals surface area contributed by atoms with Gasteiger partial charge in [0.25, 0.3) is 11.7 Å². The summed E-state index contributed by atoms with van der Waals surface area (Å²) in [5.41, 5.74) is 1.75. The molecule has 0 heterocycles. The Balaban J connectivity index is 1.78. The molecular weight excluding hydrogens is 279 g/mol. The van der Waals surface area contributed by atoms with Crippen molar-refractivity contribution in [1.82, 2.24) is 0 Å². The number of ether oxygens (including phenoxy) is 2. The van der Waals surface area contributed by atoms with E-state index in [9.17, 15) is 9.59 Å². The lowest BCUT2D eigenvalue weighted by atomic mass is 9.52. The van der Waals surface area contributed by atoms with Crippen molar-refractivity contribution in [2.24, 2.45) is 0 Å². The standard InChI is InChI=1S/C17H17BO4/c1-18(16(19)21-12-14-8-4-2-5-9-14)17(20)22-13-15-10-6-3-7-11-15/h2-11H,12-13H2,1H3. The Morgan fingerprint density at radius 3 is 1.50 bits per heavy atom. The van der Waals surface area contributed by atoms with E-state index in [1.54, 1.807) is 0 Å². The molecule has 22 heavy (non-hydrogen) atoms. The number of hydrogen-bond donors (Lipinski definition) is 0. The van der Waals surface area contributed by atoms with Gasteiger partial charge in [0.15, 0.2) is 0 Å². The first kappa shape index (κ1) is 15.8. The van der Waals surface area contributed by atoms with Crippen molar-refractivity contribution in [2.45, 2.75) is 20.0 Å². The number of hydrogen-bond acceptors (Lipinski definition) is 4. The zero-order chi connectivity index (χ0) is 15.8. The summed E-state index contributed by atoms with van der Waals surface area (Å²) in [5.74, 6) is -1.16. The maximum absolute atomic E-state index is 11.8. The van der Waals surface area contributed by atoms with E-state index in [0.717, 1.165) is 11.1 Å². The second-order valence-corrected chi connectivity index (χ2v) is 4.91. The zero-order valence-corrected chi connectivity index (χ0v) is 12.4. The maximum Gasteiger partial charge on any atom is 0.405 e. The maximum atomic E-state index is 11.8. The molecular formula is C17H17BO4. The third kappa shape index (κ3) is 4.77. The van der Waals surface area contributed by atoms with Crippen LogP contribution in [-0.4, -0.2) is 18.5 Å². The van der Waals surface area contributed by atoms with Crippen molar-refractivity contribution in [1.29, 1.82) is 0 Å². The van der Waals surface area contributed by atoms with Gasteiger partial charge in [0.05, 0.1) is 0 Å². The molecule has 2 aromatic rings. The first-order chi connectivity index (χ1) is 10.7. The Labute approximate surface area is 130 Å². The summed E-state index contributed by atoms with van der Waals surface area (Å²) in [4.78, 5) is 23.7. The second kappa shape index (κ2) is 8.03. The summed E-state index contributed by atoms with van der Waals surface area (Å²) in [6.45, 7) is 0.847. The quantitative estimate of drug-likeness (QED) is 0.757. The summed E-state index contributed by atoms with van der Waals surface area (Å²) < 4.78 is 10.2. The summed E-state index contributed by atoms with van der Waals surface area (Å²) in [5, 5.41) is 0. The molecule has 112 valence electrons. The molecule has 2 rings (SSSR count). The third-order valence-electron chi connectivity index (χ3n) is 3.15. The minimum absolute atomic E-state index is 0.149. The first-order valence-electron chi connectivity index (χ1n) is 7.08. The molecule has 0 saturated heterocycles. The van der Waals surface area contributed by atoms with Gasteiger partial charge in [-0.25, -0.2) is 0 Å². The van der Waals surface area contributed by atoms with Gasteiger partial charge < -0.3 is 9.47 Å². The fraction of sp³-hybridized carbons (Fsp3) is 0.176. The van der Waals surface area contributed by atoms with Crippen LogP contribution in [0.25, 0.3) is 0 Å². The van der Waals surface area contributed by atoms with Crippen LogP contribution in [0.1, 0.15) is 11.1 Å². The normalized spacial score (nSPS) is 9.86. The Hall–Kier alpha value is -2.56. The Bertz CT molecular complexity index is 558. The van der Waals surface area contributed by atoms with Gasteiger partial charge in [-0.1, -0.05) is 67.5 Å². The van der Waals surface area contributed by atoms with Gasteiger partial charge in [0.1, 0.15) is 13.2 Å². The second-order valence-electron chi connectivity index (χ2n) is 4.91. The first-order valence-corrected chi connectivity index (χ1v) is 7.08. The van der Waals surface area contributed by atoms with Crippen LogP contribution < -0.4 is 0 Å². The summed E-state index contributed by atoms with van der Waals surface area (Å²) in [7, 11) is 0. The minimum Gasteiger partial charge on any atom is -0.468 e. The third-order valence-corrected chi connectivity index (χ3v) is 3.15. The number of benzene rings is 2. The van der Waals surface area contributed by atoms with Gasteiger partial charge in [-0.2, -0.15) is 0 Å². The molecule has 0 atom stereocenters. The van der Waals surface area contributed by atoms with Crippen LogP contribution in [0.4, 0.5) is 9.59 Å². The molecule has 0 spiro atoms. The smallest absolute Gasteiger partial charge is 0.405 e. The van der Waals surface area contributed by atoms with Crippen LogP contribution in [0, 0.1) is 0 Å². The van der Waals surface area contributed by atoms with Crippen molar-refractivity contribution in [2.75, 3.05) is 0 Å². The van der Waals surface area contributed by atoms with E-state index in [4.69, 9.17) is 9.47 Å². The Morgan fingerprint density at radius 2 is 1.14 bits per heavy atom. The molecule has 0 amide bonds. The van der Waals surface area contributed by atoms with E-state index in [-0.39, 0.29) is 13.2 Å². The Kier molecular flexibility index (Phi) is 5.77. The van der Waals surface area contributed by atoms with E-state index in [1.165, 1.54) is 6.82 Å². The molecule has 2 aromatic carbocycles. The molecule has 0 fully saturated rings. The van der Waals surface area contributed by atoms with Gasteiger partial charge in [0, 0.05) is 0 Å². The number of carbonyl (C=O) groups is 2. The van der Waals surface area contributed by atoms with Crippen molar-refractivity contribution in [3.05, 3.63) is 71.8 Å². The lowest BCUT2D eigenvalue weighted by molar-refractivity contribution is 0.156. The van der Waals surface area contributed by atoms with Gasteiger partial charge in [0.2, 0.25) is 0 Å². The molecule has 0 aliphatic heterocycles. The van der Waals surface area contributed by atoms with Crippen LogP contribution in [-0.2, 0) is 22.7 Å². The monoisotopic (exact) mass is 296 g/mol. The highest BCUT2D eigenvalue weighted by atomic mass is 16.5. The average Bonchev–Trinajstić information content (AvgIpc) is 2.58. The molecule has 0 aromatic heterocycles. The van der Waals surface area contributed by atoms with Crippen molar-refractivity contribution in [3.63, 3.8) is 0 Å². The topological polar surface area (TPSA) is 52.6 Å². The molecule has 0 radical (unpaired) electrons. The molecule has 0 aliphatic rings. The van der Waals surface area contributed by atoms with Gasteiger partial charge in [-0.15, -0.1) is 0 Å². The summed E-state index contributed by atoms with van der Waals surface area (Å²) >= 11 is 0. The average molecular weight is 296 g/mol. The van der Waals surface area contributed by atoms with Crippen LogP contribution in [0.3, 0.4) is 0 Å². The lowest BCUT2D eigenvalue weighted by Gasteiger charge is -2.10. The van der Waals surface area contributed by atoms with E-state index in [0.29, 0.717) is 0 Å². The van der Waals surface area contributed by atoms with Crippen LogP contribution >= 0.6 is 0 Å². The zero-order valence-electron chi connectivity index (χ0n) is 12.4. The van der Waals surface area contributed by atoms with Crippen LogP contribution in [0.5, 0.6) is 0 Å². The fourth-order valence-electron chi connectivity index (χ4n) is 1.80. The van der Waals surface area contributed by atoms with Crippen molar-refractivity contribution >= 4 is 18.5 Å². The van der Waals surface area contributed by atoms with Gasteiger partial charge in [-0.3, -0.25) is 9.59 Å². The van der Waals surface area contributed by atoms with Crippen LogP contribution in [0.2, 0.25) is 6.82 Å². The highest BCUT2D eigenvalue weighted by Crippen LogP contribution is 2.06. The van der Waals surface area contributed by atoms with Crippen molar-refractivity contribution < 1.29 is 19.1 Å². The summed E-state index contributed by atoms with van der Waals surface area (Å²) in [6.07, 6.45) is 0. The molecule has 5 heteroatoms. The Morgan fingerprint density at radius 1 is 0.773 bits per heavy atom. The summed E-state index contributed by atoms with van der Waals surface area (Å²) in [6, 6.07) is 18.6. The van der Waals surface area contributed by atoms with Crippen LogP contribution in [0.15, 0.2) is 60.7 Å². The van der Waals surface area contributed by atoms with E-state index in [1.807, 2.05) is 60.7 Å². The molecule has 0 bridgehead atoms. The lowest BCUT2D eigenvalue weighted by Crippen LogP contribution is -2.33. The predicted molar refractivity (Wildman–Crippen MR) is 84.9 cm³/mol. The predicted octanol–water partition coefficient (Wildman–Crippen LogP) is 3.95. The molecule has 0 aliphatic carbocycles. The number of carbonyl (C=O) groups excluding carboxylic acids is 2. The molecule has 0 saturated carbocycles. The van der Waals surface area contributed by atoms with Gasteiger partial charge >= 0.3 is 6.71 Å². The largest absolute Gasteiger partial charge is 0.468 e. The highest BCUT2D eigenvalue weighted by Gasteiger charge is 2.30. The van der Waals surface area contributed by atoms with E-state index in [2.05, 4.69) is 0 Å². The molecule has 0 N–H and O–H groups in total. The van der Waals surface area contributed by atoms with Crippen molar-refractivity contribution in [3.8, 4) is 0 Å². The highest BCUT2D eigenvalue weighted by molar-refractivity contribution is 7.08. The number of rotatable bonds is 6.